The minimum atomic E-state index is -0.0776. The molecule has 1 unspecified atom stereocenters. The van der Waals surface area contributed by atoms with Gasteiger partial charge in [0, 0.05) is 11.5 Å². The zero-order valence-corrected chi connectivity index (χ0v) is 8.86. The number of methoxy groups -OCH3 is 1. The summed E-state index contributed by atoms with van der Waals surface area (Å²) in [7, 11) is 1.63. The van der Waals surface area contributed by atoms with Gasteiger partial charge in [-0.15, -0.1) is 0 Å². The molecule has 0 saturated carbocycles. The molecule has 14 heavy (non-hydrogen) atoms. The lowest BCUT2D eigenvalue weighted by atomic mass is 9.89. The van der Waals surface area contributed by atoms with Crippen LogP contribution in [0.15, 0.2) is 24.3 Å². The van der Waals surface area contributed by atoms with Crippen molar-refractivity contribution >= 4 is 6.29 Å². The number of carbonyl (C=O) groups is 1. The van der Waals surface area contributed by atoms with E-state index in [2.05, 4.69) is 0 Å². The van der Waals surface area contributed by atoms with Crippen LogP contribution in [0.3, 0.4) is 0 Å². The van der Waals surface area contributed by atoms with E-state index in [1.807, 2.05) is 38.1 Å². The van der Waals surface area contributed by atoms with Gasteiger partial charge >= 0.3 is 0 Å². The van der Waals surface area contributed by atoms with Gasteiger partial charge in [0.25, 0.3) is 0 Å². The van der Waals surface area contributed by atoms with Gasteiger partial charge in [-0.05, 0) is 12.0 Å². The van der Waals surface area contributed by atoms with Crippen LogP contribution in [-0.2, 0) is 4.79 Å². The number of para-hydroxylation sites is 1. The predicted molar refractivity (Wildman–Crippen MR) is 56.6 cm³/mol. The summed E-state index contributed by atoms with van der Waals surface area (Å²) in [6.45, 7) is 4.07. The van der Waals surface area contributed by atoms with Gasteiger partial charge in [0.05, 0.1) is 7.11 Å². The fourth-order valence-electron chi connectivity index (χ4n) is 1.53. The minimum absolute atomic E-state index is 0.0776. The Morgan fingerprint density at radius 1 is 1.29 bits per heavy atom. The van der Waals surface area contributed by atoms with Crippen molar-refractivity contribution in [3.63, 3.8) is 0 Å². The molecule has 1 aromatic carbocycles. The van der Waals surface area contributed by atoms with Crippen LogP contribution in [0.2, 0.25) is 0 Å². The molecular weight excluding hydrogens is 176 g/mol. The van der Waals surface area contributed by atoms with Gasteiger partial charge in [-0.2, -0.15) is 0 Å². The molecule has 2 nitrogen and oxygen atoms in total. The van der Waals surface area contributed by atoms with E-state index < -0.39 is 0 Å². The van der Waals surface area contributed by atoms with Gasteiger partial charge in [-0.3, -0.25) is 0 Å². The van der Waals surface area contributed by atoms with Gasteiger partial charge < -0.3 is 9.53 Å². The Bertz CT molecular complexity index is 305. The Kier molecular flexibility index (Phi) is 3.69. The zero-order chi connectivity index (χ0) is 10.6. The SMILES string of the molecule is COc1ccccc1C(C=O)C(C)C. The molecule has 0 N–H and O–H groups in total. The van der Waals surface area contributed by atoms with E-state index in [1.165, 1.54) is 0 Å². The maximum absolute atomic E-state index is 11.0. The lowest BCUT2D eigenvalue weighted by Gasteiger charge is -2.17. The van der Waals surface area contributed by atoms with E-state index in [-0.39, 0.29) is 5.92 Å². The van der Waals surface area contributed by atoms with Crippen molar-refractivity contribution in [2.75, 3.05) is 7.11 Å². The summed E-state index contributed by atoms with van der Waals surface area (Å²) in [6, 6.07) is 7.66. The highest BCUT2D eigenvalue weighted by Gasteiger charge is 2.18. The Balaban J connectivity index is 3.08. The lowest BCUT2D eigenvalue weighted by Crippen LogP contribution is -2.09. The summed E-state index contributed by atoms with van der Waals surface area (Å²) in [5.41, 5.74) is 0.972. The monoisotopic (exact) mass is 192 g/mol. The second-order valence-corrected chi connectivity index (χ2v) is 3.65. The molecule has 0 radical (unpaired) electrons. The van der Waals surface area contributed by atoms with Gasteiger partial charge in [0.1, 0.15) is 12.0 Å². The van der Waals surface area contributed by atoms with Crippen molar-refractivity contribution in [3.8, 4) is 5.75 Å². The predicted octanol–water partition coefficient (Wildman–Crippen LogP) is 2.63. The number of ether oxygens (including phenoxy) is 1. The Labute approximate surface area is 84.9 Å². The molecule has 0 amide bonds. The van der Waals surface area contributed by atoms with E-state index >= 15 is 0 Å². The number of hydrogen-bond donors (Lipinski definition) is 0. The third-order valence-corrected chi connectivity index (χ3v) is 2.36. The highest BCUT2D eigenvalue weighted by atomic mass is 16.5. The van der Waals surface area contributed by atoms with E-state index in [0.717, 1.165) is 17.6 Å². The molecule has 0 spiro atoms. The second kappa shape index (κ2) is 4.80. The van der Waals surface area contributed by atoms with Crippen LogP contribution in [0.5, 0.6) is 5.75 Å². The van der Waals surface area contributed by atoms with Crippen molar-refractivity contribution in [1.29, 1.82) is 0 Å². The highest BCUT2D eigenvalue weighted by molar-refractivity contribution is 5.64. The fourth-order valence-corrected chi connectivity index (χ4v) is 1.53. The summed E-state index contributed by atoms with van der Waals surface area (Å²) in [5.74, 6) is 1.01. The largest absolute Gasteiger partial charge is 0.496 e. The van der Waals surface area contributed by atoms with Crippen molar-refractivity contribution in [1.82, 2.24) is 0 Å². The molecule has 0 fully saturated rings. The third kappa shape index (κ3) is 2.13. The first kappa shape index (κ1) is 10.8. The van der Waals surface area contributed by atoms with Crippen LogP contribution in [-0.4, -0.2) is 13.4 Å². The summed E-state index contributed by atoms with van der Waals surface area (Å²) in [6.07, 6.45) is 0.989. The minimum Gasteiger partial charge on any atom is -0.496 e. The van der Waals surface area contributed by atoms with Crippen LogP contribution in [0.1, 0.15) is 25.3 Å². The van der Waals surface area contributed by atoms with Crippen molar-refractivity contribution in [3.05, 3.63) is 29.8 Å². The number of benzene rings is 1. The summed E-state index contributed by atoms with van der Waals surface area (Å²) < 4.78 is 5.22. The van der Waals surface area contributed by atoms with Crippen molar-refractivity contribution < 1.29 is 9.53 Å². The van der Waals surface area contributed by atoms with Crippen LogP contribution in [0.4, 0.5) is 0 Å². The number of aldehydes is 1. The highest BCUT2D eigenvalue weighted by Crippen LogP contribution is 2.29. The summed E-state index contributed by atoms with van der Waals surface area (Å²) in [5, 5.41) is 0. The molecule has 0 aromatic heterocycles. The zero-order valence-electron chi connectivity index (χ0n) is 8.86. The Hall–Kier alpha value is -1.31. The molecule has 1 atom stereocenters. The summed E-state index contributed by atoms with van der Waals surface area (Å²) in [4.78, 5) is 11.0. The molecule has 0 bridgehead atoms. The van der Waals surface area contributed by atoms with Crippen LogP contribution >= 0.6 is 0 Å². The quantitative estimate of drug-likeness (QED) is 0.685. The second-order valence-electron chi connectivity index (χ2n) is 3.65. The molecule has 1 aromatic rings. The average Bonchev–Trinajstić information content (AvgIpc) is 2.19. The van der Waals surface area contributed by atoms with Crippen molar-refractivity contribution in [2.24, 2.45) is 5.92 Å². The fraction of sp³-hybridized carbons (Fsp3) is 0.417. The van der Waals surface area contributed by atoms with Crippen LogP contribution in [0.25, 0.3) is 0 Å². The molecule has 0 aliphatic rings. The Morgan fingerprint density at radius 2 is 1.93 bits per heavy atom. The third-order valence-electron chi connectivity index (χ3n) is 2.36. The molecule has 2 heteroatoms. The maximum atomic E-state index is 11.0. The molecular formula is C12H16O2. The van der Waals surface area contributed by atoms with Gasteiger partial charge in [-0.25, -0.2) is 0 Å². The van der Waals surface area contributed by atoms with E-state index in [0.29, 0.717) is 5.92 Å². The van der Waals surface area contributed by atoms with E-state index in [1.54, 1.807) is 7.11 Å². The lowest BCUT2D eigenvalue weighted by molar-refractivity contribution is -0.109. The normalized spacial score (nSPS) is 12.6. The van der Waals surface area contributed by atoms with Crippen molar-refractivity contribution in [2.45, 2.75) is 19.8 Å². The number of hydrogen-bond acceptors (Lipinski definition) is 2. The summed E-state index contributed by atoms with van der Waals surface area (Å²) >= 11 is 0. The molecule has 0 aliphatic heterocycles. The van der Waals surface area contributed by atoms with Crippen LogP contribution < -0.4 is 4.74 Å². The molecule has 0 saturated heterocycles. The molecule has 0 aliphatic carbocycles. The van der Waals surface area contributed by atoms with Gasteiger partial charge in [-0.1, -0.05) is 32.0 Å². The first-order chi connectivity index (χ1) is 6.70. The molecule has 0 heterocycles. The van der Waals surface area contributed by atoms with E-state index in [4.69, 9.17) is 4.74 Å². The number of carbonyl (C=O) groups excluding carboxylic acids is 1. The smallest absolute Gasteiger partial charge is 0.127 e. The van der Waals surface area contributed by atoms with Crippen LogP contribution in [0, 0.1) is 5.92 Å². The van der Waals surface area contributed by atoms with Gasteiger partial charge in [0.15, 0.2) is 0 Å². The maximum Gasteiger partial charge on any atom is 0.127 e. The van der Waals surface area contributed by atoms with Gasteiger partial charge in [0.2, 0.25) is 0 Å². The standard InChI is InChI=1S/C12H16O2/c1-9(2)11(8-13)10-6-4-5-7-12(10)14-3/h4-9,11H,1-3H3. The van der Waals surface area contributed by atoms with E-state index in [9.17, 15) is 4.79 Å². The first-order valence-electron chi connectivity index (χ1n) is 4.79. The Morgan fingerprint density at radius 3 is 2.43 bits per heavy atom. The molecule has 76 valence electrons. The molecule has 1 rings (SSSR count). The average molecular weight is 192 g/mol. The topological polar surface area (TPSA) is 26.3 Å². The number of rotatable bonds is 4. The first-order valence-corrected chi connectivity index (χ1v) is 4.79.